The Kier molecular flexibility index (Phi) is 4.87. The molecule has 0 bridgehead atoms. The van der Waals surface area contributed by atoms with Crippen LogP contribution in [0, 0.1) is 0 Å². The molecular weight excluding hydrogens is 298 g/mol. The average molecular weight is 317 g/mol. The minimum Gasteiger partial charge on any atom is -0.323 e. The van der Waals surface area contributed by atoms with E-state index in [4.69, 9.17) is 0 Å². The molecule has 120 valence electrons. The Morgan fingerprint density at radius 3 is 2.58 bits per heavy atom. The van der Waals surface area contributed by atoms with Gasteiger partial charge in [-0.25, -0.2) is 4.68 Å². The van der Waals surface area contributed by atoms with Crippen LogP contribution in [0.1, 0.15) is 18.1 Å². The molecule has 0 unspecified atom stereocenters. The molecule has 0 spiro atoms. The Hall–Kier alpha value is -3.14. The largest absolute Gasteiger partial charge is 0.323 e. The zero-order valence-corrected chi connectivity index (χ0v) is 13.5. The number of hydrogen-bond acceptors (Lipinski definition) is 2. The normalized spacial score (nSPS) is 10.9. The lowest BCUT2D eigenvalue weighted by Crippen LogP contribution is -2.07. The second-order valence-electron chi connectivity index (χ2n) is 5.43. The molecule has 0 aliphatic rings. The summed E-state index contributed by atoms with van der Waals surface area (Å²) in [5, 5.41) is 7.15. The maximum Gasteiger partial charge on any atom is 0.248 e. The Morgan fingerprint density at radius 1 is 1.12 bits per heavy atom. The molecule has 4 heteroatoms. The van der Waals surface area contributed by atoms with Gasteiger partial charge < -0.3 is 5.32 Å². The summed E-state index contributed by atoms with van der Waals surface area (Å²) in [5.74, 6) is -0.160. The van der Waals surface area contributed by atoms with E-state index >= 15 is 0 Å². The zero-order valence-electron chi connectivity index (χ0n) is 13.5. The Morgan fingerprint density at radius 2 is 1.88 bits per heavy atom. The number of aryl methyl sites for hydroxylation is 1. The van der Waals surface area contributed by atoms with Crippen LogP contribution in [0.15, 0.2) is 73.1 Å². The highest BCUT2D eigenvalue weighted by molar-refractivity contribution is 6.01. The van der Waals surface area contributed by atoms with Gasteiger partial charge >= 0.3 is 0 Å². The number of carbonyl (C=O) groups is 1. The predicted molar refractivity (Wildman–Crippen MR) is 97.0 cm³/mol. The number of rotatable bonds is 5. The fourth-order valence-corrected chi connectivity index (χ4v) is 2.32. The summed E-state index contributed by atoms with van der Waals surface area (Å²) in [4.78, 5) is 12.0. The van der Waals surface area contributed by atoms with Crippen molar-refractivity contribution in [3.05, 3.63) is 84.2 Å². The third-order valence-corrected chi connectivity index (χ3v) is 3.68. The summed E-state index contributed by atoms with van der Waals surface area (Å²) in [5.41, 5.74) is 3.90. The van der Waals surface area contributed by atoms with Gasteiger partial charge in [0, 0.05) is 23.5 Å². The molecule has 0 atom stereocenters. The standard InChI is InChI=1S/C20H19N3O/c1-2-16-8-11-18(12-9-16)22-20(24)13-10-17-14-21-23(15-17)19-6-4-3-5-7-19/h3-15H,2H2,1H3,(H,22,24)/b13-10+. The van der Waals surface area contributed by atoms with Crippen molar-refractivity contribution >= 4 is 17.7 Å². The number of para-hydroxylation sites is 1. The fourth-order valence-electron chi connectivity index (χ4n) is 2.32. The van der Waals surface area contributed by atoms with Crippen molar-refractivity contribution in [3.8, 4) is 5.69 Å². The summed E-state index contributed by atoms with van der Waals surface area (Å²) in [7, 11) is 0. The molecule has 0 fully saturated rings. The maximum absolute atomic E-state index is 12.0. The van der Waals surface area contributed by atoms with Gasteiger partial charge in [-0.05, 0) is 42.3 Å². The first-order valence-corrected chi connectivity index (χ1v) is 7.92. The van der Waals surface area contributed by atoms with Gasteiger partial charge in [0.2, 0.25) is 5.91 Å². The molecule has 0 saturated heterocycles. The molecule has 1 heterocycles. The number of anilines is 1. The minimum absolute atomic E-state index is 0.160. The average Bonchev–Trinajstić information content (AvgIpc) is 3.10. The van der Waals surface area contributed by atoms with E-state index in [-0.39, 0.29) is 5.91 Å². The molecule has 3 rings (SSSR count). The van der Waals surface area contributed by atoms with Crippen LogP contribution in [0.25, 0.3) is 11.8 Å². The number of carbonyl (C=O) groups excluding carboxylic acids is 1. The molecule has 2 aromatic carbocycles. The molecule has 3 aromatic rings. The lowest BCUT2D eigenvalue weighted by Gasteiger charge is -2.03. The summed E-state index contributed by atoms with van der Waals surface area (Å²) in [6, 6.07) is 17.7. The second kappa shape index (κ2) is 7.42. The van der Waals surface area contributed by atoms with E-state index in [1.807, 2.05) is 60.8 Å². The fraction of sp³-hybridized carbons (Fsp3) is 0.100. The molecule has 0 radical (unpaired) electrons. The number of benzene rings is 2. The van der Waals surface area contributed by atoms with Crippen LogP contribution in [0.3, 0.4) is 0 Å². The first-order valence-electron chi connectivity index (χ1n) is 7.92. The molecule has 0 saturated carbocycles. The number of hydrogen-bond donors (Lipinski definition) is 1. The molecule has 1 N–H and O–H groups in total. The van der Waals surface area contributed by atoms with Crippen molar-refractivity contribution in [1.29, 1.82) is 0 Å². The maximum atomic E-state index is 12.0. The van der Waals surface area contributed by atoms with Crippen molar-refractivity contribution in [2.75, 3.05) is 5.32 Å². The van der Waals surface area contributed by atoms with Gasteiger partial charge in [0.25, 0.3) is 0 Å². The first-order chi connectivity index (χ1) is 11.7. The van der Waals surface area contributed by atoms with Crippen LogP contribution in [-0.4, -0.2) is 15.7 Å². The Balaban J connectivity index is 1.63. The van der Waals surface area contributed by atoms with Crippen LogP contribution < -0.4 is 5.32 Å². The van der Waals surface area contributed by atoms with Crippen molar-refractivity contribution in [2.45, 2.75) is 13.3 Å². The van der Waals surface area contributed by atoms with Gasteiger partial charge in [-0.15, -0.1) is 0 Å². The monoisotopic (exact) mass is 317 g/mol. The summed E-state index contributed by atoms with van der Waals surface area (Å²) in [6.07, 6.45) is 7.86. The lowest BCUT2D eigenvalue weighted by molar-refractivity contribution is -0.111. The van der Waals surface area contributed by atoms with Crippen molar-refractivity contribution in [2.24, 2.45) is 0 Å². The van der Waals surface area contributed by atoms with Crippen molar-refractivity contribution in [1.82, 2.24) is 9.78 Å². The van der Waals surface area contributed by atoms with Crippen LogP contribution in [0.2, 0.25) is 0 Å². The molecule has 0 aliphatic heterocycles. The third-order valence-electron chi connectivity index (χ3n) is 3.68. The molecule has 24 heavy (non-hydrogen) atoms. The quantitative estimate of drug-likeness (QED) is 0.721. The molecule has 1 aromatic heterocycles. The van der Waals surface area contributed by atoms with Crippen LogP contribution in [0.5, 0.6) is 0 Å². The zero-order chi connectivity index (χ0) is 16.8. The Labute approximate surface area is 141 Å². The van der Waals surface area contributed by atoms with Gasteiger partial charge in [-0.3, -0.25) is 4.79 Å². The smallest absolute Gasteiger partial charge is 0.248 e. The van der Waals surface area contributed by atoms with Gasteiger partial charge in [-0.2, -0.15) is 5.10 Å². The van der Waals surface area contributed by atoms with E-state index in [2.05, 4.69) is 17.3 Å². The second-order valence-corrected chi connectivity index (χ2v) is 5.43. The third kappa shape index (κ3) is 3.98. The highest BCUT2D eigenvalue weighted by Crippen LogP contribution is 2.11. The van der Waals surface area contributed by atoms with Gasteiger partial charge in [0.15, 0.2) is 0 Å². The highest BCUT2D eigenvalue weighted by atomic mass is 16.1. The van der Waals surface area contributed by atoms with Gasteiger partial charge in [-0.1, -0.05) is 37.3 Å². The molecule has 4 nitrogen and oxygen atoms in total. The number of nitrogens with one attached hydrogen (secondary N) is 1. The van der Waals surface area contributed by atoms with Gasteiger partial charge in [0.1, 0.15) is 0 Å². The molecule has 0 aliphatic carbocycles. The number of aromatic nitrogens is 2. The summed E-state index contributed by atoms with van der Waals surface area (Å²) < 4.78 is 1.78. The van der Waals surface area contributed by atoms with E-state index in [0.29, 0.717) is 0 Å². The van der Waals surface area contributed by atoms with E-state index in [0.717, 1.165) is 23.4 Å². The van der Waals surface area contributed by atoms with E-state index in [1.54, 1.807) is 17.0 Å². The van der Waals surface area contributed by atoms with Crippen molar-refractivity contribution < 1.29 is 4.79 Å². The van der Waals surface area contributed by atoms with E-state index in [9.17, 15) is 4.79 Å². The number of amides is 1. The molecule has 1 amide bonds. The van der Waals surface area contributed by atoms with Crippen molar-refractivity contribution in [3.63, 3.8) is 0 Å². The van der Waals surface area contributed by atoms with Crippen LogP contribution >= 0.6 is 0 Å². The van der Waals surface area contributed by atoms with Crippen LogP contribution in [-0.2, 0) is 11.2 Å². The Bertz CT molecular complexity index is 833. The minimum atomic E-state index is -0.160. The topological polar surface area (TPSA) is 46.9 Å². The SMILES string of the molecule is CCc1ccc(NC(=O)/C=C/c2cnn(-c3ccccc3)c2)cc1. The summed E-state index contributed by atoms with van der Waals surface area (Å²) in [6.45, 7) is 2.10. The molecular formula is C20H19N3O. The number of nitrogens with zero attached hydrogens (tertiary/aromatic N) is 2. The predicted octanol–water partition coefficient (Wildman–Crippen LogP) is 4.09. The van der Waals surface area contributed by atoms with E-state index < -0.39 is 0 Å². The van der Waals surface area contributed by atoms with E-state index in [1.165, 1.54) is 11.6 Å². The lowest BCUT2D eigenvalue weighted by atomic mass is 10.1. The highest BCUT2D eigenvalue weighted by Gasteiger charge is 2.00. The summed E-state index contributed by atoms with van der Waals surface area (Å²) >= 11 is 0. The van der Waals surface area contributed by atoms with Gasteiger partial charge in [0.05, 0.1) is 11.9 Å². The van der Waals surface area contributed by atoms with Crippen LogP contribution in [0.4, 0.5) is 5.69 Å². The first kappa shape index (κ1) is 15.7.